The summed E-state index contributed by atoms with van der Waals surface area (Å²) in [6, 6.07) is 12.2. The Morgan fingerprint density at radius 3 is 2.40 bits per heavy atom. The van der Waals surface area contributed by atoms with Crippen molar-refractivity contribution >= 4 is 18.3 Å². The Hall–Kier alpha value is -1.78. The van der Waals surface area contributed by atoms with Crippen LogP contribution in [0.25, 0.3) is 11.3 Å². The molecule has 1 aliphatic heterocycles. The Balaban J connectivity index is 0.00000225. The summed E-state index contributed by atoms with van der Waals surface area (Å²) in [6.07, 6.45) is 0.990. The number of hydrogen-bond donors (Lipinski definition) is 1. The van der Waals surface area contributed by atoms with Crippen molar-refractivity contribution in [3.8, 4) is 11.3 Å². The van der Waals surface area contributed by atoms with Crippen LogP contribution in [0, 0.1) is 0 Å². The molecule has 0 aliphatic carbocycles. The lowest BCUT2D eigenvalue weighted by atomic mass is 9.86. The highest BCUT2D eigenvalue weighted by atomic mass is 35.5. The number of amides is 1. The first-order chi connectivity index (χ1) is 11.4. The zero-order chi connectivity index (χ0) is 17.3. The van der Waals surface area contributed by atoms with Crippen molar-refractivity contribution in [3.63, 3.8) is 0 Å². The number of nitrogens with one attached hydrogen (secondary N) is 1. The highest BCUT2D eigenvalue weighted by Crippen LogP contribution is 2.27. The summed E-state index contributed by atoms with van der Waals surface area (Å²) in [6.45, 7) is 8.40. The number of halogens is 1. The van der Waals surface area contributed by atoms with Crippen molar-refractivity contribution in [2.75, 3.05) is 20.1 Å². The van der Waals surface area contributed by atoms with Gasteiger partial charge in [0, 0.05) is 25.2 Å². The van der Waals surface area contributed by atoms with Gasteiger partial charge in [-0.05, 0) is 36.1 Å². The number of rotatable bonds is 3. The summed E-state index contributed by atoms with van der Waals surface area (Å²) in [5, 5.41) is 3.28. The fourth-order valence-electron chi connectivity index (χ4n) is 3.05. The van der Waals surface area contributed by atoms with Crippen molar-refractivity contribution in [2.24, 2.45) is 0 Å². The van der Waals surface area contributed by atoms with Gasteiger partial charge in [-0.25, -0.2) is 0 Å². The lowest BCUT2D eigenvalue weighted by Crippen LogP contribution is -2.38. The molecule has 1 atom stereocenters. The smallest absolute Gasteiger partial charge is 0.289 e. The molecule has 25 heavy (non-hydrogen) atoms. The molecule has 2 heterocycles. The van der Waals surface area contributed by atoms with E-state index in [4.69, 9.17) is 4.42 Å². The van der Waals surface area contributed by atoms with Gasteiger partial charge in [0.1, 0.15) is 5.76 Å². The number of furan rings is 1. The molecule has 1 amide bonds. The quantitative estimate of drug-likeness (QED) is 0.894. The third kappa shape index (κ3) is 4.25. The molecule has 2 aromatic rings. The molecule has 1 aromatic heterocycles. The molecule has 0 saturated carbocycles. The lowest BCUT2D eigenvalue weighted by Gasteiger charge is -2.22. The van der Waals surface area contributed by atoms with E-state index < -0.39 is 0 Å². The van der Waals surface area contributed by atoms with Crippen LogP contribution in [0.3, 0.4) is 0 Å². The van der Waals surface area contributed by atoms with Gasteiger partial charge < -0.3 is 14.6 Å². The molecule has 5 heteroatoms. The van der Waals surface area contributed by atoms with Gasteiger partial charge in [0.15, 0.2) is 5.76 Å². The molecule has 0 bridgehead atoms. The van der Waals surface area contributed by atoms with Crippen molar-refractivity contribution in [1.82, 2.24) is 10.2 Å². The summed E-state index contributed by atoms with van der Waals surface area (Å²) >= 11 is 0. The average molecular weight is 363 g/mol. The maximum Gasteiger partial charge on any atom is 0.289 e. The fourth-order valence-corrected chi connectivity index (χ4v) is 3.05. The Morgan fingerprint density at radius 2 is 1.84 bits per heavy atom. The lowest BCUT2D eigenvalue weighted by molar-refractivity contribution is 0.0712. The van der Waals surface area contributed by atoms with Crippen LogP contribution >= 0.6 is 12.4 Å². The van der Waals surface area contributed by atoms with Gasteiger partial charge in [0.25, 0.3) is 5.91 Å². The Bertz CT molecular complexity index is 710. The topological polar surface area (TPSA) is 45.5 Å². The normalized spacial score (nSPS) is 17.2. The van der Waals surface area contributed by atoms with E-state index in [0.29, 0.717) is 5.76 Å². The van der Waals surface area contributed by atoms with Crippen LogP contribution in [0.2, 0.25) is 0 Å². The van der Waals surface area contributed by atoms with E-state index in [9.17, 15) is 4.79 Å². The molecule has 136 valence electrons. The minimum Gasteiger partial charge on any atom is -0.451 e. The highest BCUT2D eigenvalue weighted by Gasteiger charge is 2.26. The third-order valence-electron chi connectivity index (χ3n) is 4.75. The van der Waals surface area contributed by atoms with Gasteiger partial charge in [-0.15, -0.1) is 12.4 Å². The highest BCUT2D eigenvalue weighted by molar-refractivity contribution is 5.92. The van der Waals surface area contributed by atoms with Gasteiger partial charge in [0.05, 0.1) is 0 Å². The molecule has 4 nitrogen and oxygen atoms in total. The van der Waals surface area contributed by atoms with Crippen LogP contribution in [0.1, 0.15) is 43.3 Å². The summed E-state index contributed by atoms with van der Waals surface area (Å²) < 4.78 is 5.83. The minimum atomic E-state index is -0.0544. The molecule has 3 rings (SSSR count). The second-order valence-electron chi connectivity index (χ2n) is 7.55. The van der Waals surface area contributed by atoms with E-state index in [1.165, 1.54) is 5.56 Å². The molecular formula is C20H27ClN2O2. The zero-order valence-electron chi connectivity index (χ0n) is 15.3. The first-order valence-corrected chi connectivity index (χ1v) is 8.55. The van der Waals surface area contributed by atoms with Crippen LogP contribution in [0.15, 0.2) is 40.8 Å². The molecular weight excluding hydrogens is 336 g/mol. The Kier molecular flexibility index (Phi) is 5.96. The summed E-state index contributed by atoms with van der Waals surface area (Å²) in [5.74, 6) is 1.08. The Morgan fingerprint density at radius 1 is 1.16 bits per heavy atom. The third-order valence-corrected chi connectivity index (χ3v) is 4.75. The standard InChI is InChI=1S/C20H26N2O2.ClH/c1-20(2,3)15-7-5-14(6-8-15)17-9-10-18(24-17)19(23)22(4)16-11-12-21-13-16;/h5-10,16,21H,11-13H2,1-4H3;1H. The number of nitrogens with zero attached hydrogens (tertiary/aromatic N) is 1. The number of hydrogen-bond acceptors (Lipinski definition) is 3. The van der Waals surface area contributed by atoms with E-state index in [1.807, 2.05) is 13.1 Å². The summed E-state index contributed by atoms with van der Waals surface area (Å²) in [5.41, 5.74) is 2.40. The molecule has 1 aliphatic rings. The van der Waals surface area contributed by atoms with E-state index >= 15 is 0 Å². The number of benzene rings is 1. The second kappa shape index (κ2) is 7.63. The van der Waals surface area contributed by atoms with Crippen LogP contribution in [0.4, 0.5) is 0 Å². The maximum absolute atomic E-state index is 12.6. The molecule has 0 spiro atoms. The average Bonchev–Trinajstić information content (AvgIpc) is 3.24. The molecule has 1 N–H and O–H groups in total. The first kappa shape index (κ1) is 19.5. The first-order valence-electron chi connectivity index (χ1n) is 8.55. The molecule has 1 aromatic carbocycles. The van der Waals surface area contributed by atoms with Crippen molar-refractivity contribution in [2.45, 2.75) is 38.6 Å². The van der Waals surface area contributed by atoms with Crippen LogP contribution < -0.4 is 5.32 Å². The van der Waals surface area contributed by atoms with Crippen molar-refractivity contribution in [3.05, 3.63) is 47.7 Å². The van der Waals surface area contributed by atoms with E-state index in [2.05, 4.69) is 50.4 Å². The Labute approximate surface area is 156 Å². The fraction of sp³-hybridized carbons (Fsp3) is 0.450. The maximum atomic E-state index is 12.6. The molecule has 0 radical (unpaired) electrons. The number of carbonyl (C=O) groups excluding carboxylic acids is 1. The second-order valence-corrected chi connectivity index (χ2v) is 7.55. The predicted octanol–water partition coefficient (Wildman–Crippen LogP) is 4.10. The molecule has 1 unspecified atom stereocenters. The van der Waals surface area contributed by atoms with Crippen molar-refractivity contribution in [1.29, 1.82) is 0 Å². The van der Waals surface area contributed by atoms with E-state index in [-0.39, 0.29) is 29.8 Å². The number of likely N-dealkylation sites (N-methyl/N-ethyl adjacent to an activating group) is 1. The van der Waals surface area contributed by atoms with Gasteiger partial charge >= 0.3 is 0 Å². The van der Waals surface area contributed by atoms with Gasteiger partial charge in [-0.3, -0.25) is 4.79 Å². The predicted molar refractivity (Wildman–Crippen MR) is 103 cm³/mol. The van der Waals surface area contributed by atoms with Crippen molar-refractivity contribution < 1.29 is 9.21 Å². The van der Waals surface area contributed by atoms with E-state index in [0.717, 1.165) is 30.8 Å². The van der Waals surface area contributed by atoms with Crippen LogP contribution in [0.5, 0.6) is 0 Å². The summed E-state index contributed by atoms with van der Waals surface area (Å²) in [7, 11) is 1.85. The van der Waals surface area contributed by atoms with Crippen LogP contribution in [-0.4, -0.2) is 37.0 Å². The number of carbonyl (C=O) groups is 1. The van der Waals surface area contributed by atoms with Gasteiger partial charge in [-0.1, -0.05) is 45.0 Å². The summed E-state index contributed by atoms with van der Waals surface area (Å²) in [4.78, 5) is 14.3. The van der Waals surface area contributed by atoms with E-state index in [1.54, 1.807) is 11.0 Å². The minimum absolute atomic E-state index is 0. The van der Waals surface area contributed by atoms with Crippen LogP contribution in [-0.2, 0) is 5.41 Å². The monoisotopic (exact) mass is 362 g/mol. The molecule has 1 saturated heterocycles. The zero-order valence-corrected chi connectivity index (χ0v) is 16.2. The largest absolute Gasteiger partial charge is 0.451 e. The molecule has 1 fully saturated rings. The van der Waals surface area contributed by atoms with Gasteiger partial charge in [-0.2, -0.15) is 0 Å². The van der Waals surface area contributed by atoms with Gasteiger partial charge in [0.2, 0.25) is 0 Å². The SMILES string of the molecule is CN(C(=O)c1ccc(-c2ccc(C(C)(C)C)cc2)o1)C1CCNC1.Cl.